The second kappa shape index (κ2) is 6.49. The molecule has 1 aromatic heterocycles. The highest BCUT2D eigenvalue weighted by Crippen LogP contribution is 2.43. The summed E-state index contributed by atoms with van der Waals surface area (Å²) in [6.45, 7) is 0.650. The van der Waals surface area contributed by atoms with Gasteiger partial charge < -0.3 is 9.47 Å². The number of allylic oxidation sites excluding steroid dienone is 2. The molecule has 0 amide bonds. The lowest BCUT2D eigenvalue weighted by atomic mass is 9.92. The van der Waals surface area contributed by atoms with E-state index in [2.05, 4.69) is 94.9 Å². The fourth-order valence-corrected chi connectivity index (χ4v) is 5.36. The van der Waals surface area contributed by atoms with Crippen molar-refractivity contribution in [2.24, 2.45) is 4.99 Å². The number of fused-ring (bicyclic) bond motifs is 4. The Morgan fingerprint density at radius 2 is 1.81 bits per heavy atom. The summed E-state index contributed by atoms with van der Waals surface area (Å²) in [5, 5.41) is 0. The van der Waals surface area contributed by atoms with Gasteiger partial charge in [0.1, 0.15) is 6.67 Å². The van der Waals surface area contributed by atoms with Crippen LogP contribution in [0.4, 0.5) is 5.69 Å². The molecule has 26 heavy (non-hydrogen) atoms. The summed E-state index contributed by atoms with van der Waals surface area (Å²) in [4.78, 5) is 8.42. The Morgan fingerprint density at radius 1 is 1.00 bits per heavy atom. The summed E-state index contributed by atoms with van der Waals surface area (Å²) in [5.74, 6) is 1.06. The number of thiazole rings is 1. The average molecular weight is 378 g/mol. The minimum atomic E-state index is 0.347. The topological polar surface area (TPSA) is 20.5 Å². The van der Waals surface area contributed by atoms with Crippen molar-refractivity contribution in [1.29, 1.82) is 0 Å². The van der Waals surface area contributed by atoms with Gasteiger partial charge in [-0.2, -0.15) is 12.6 Å². The Hall–Kier alpha value is -2.24. The van der Waals surface area contributed by atoms with Gasteiger partial charge in [-0.15, -0.1) is 0 Å². The molecule has 0 radical (unpaired) electrons. The number of para-hydroxylation sites is 2. The number of hydrogen-bond acceptors (Lipinski definition) is 4. The molecule has 0 fully saturated rings. The molecule has 0 spiro atoms. The fourth-order valence-electron chi connectivity index (χ4n) is 3.96. The van der Waals surface area contributed by atoms with Crippen LogP contribution in [0.5, 0.6) is 0 Å². The van der Waals surface area contributed by atoms with Gasteiger partial charge in [0.05, 0.1) is 22.1 Å². The van der Waals surface area contributed by atoms with Crippen LogP contribution in [0.2, 0.25) is 0 Å². The van der Waals surface area contributed by atoms with Crippen molar-refractivity contribution in [3.05, 3.63) is 83.2 Å². The van der Waals surface area contributed by atoms with Crippen molar-refractivity contribution in [2.45, 2.75) is 17.8 Å². The van der Waals surface area contributed by atoms with Gasteiger partial charge in [-0.3, -0.25) is 0 Å². The van der Waals surface area contributed by atoms with E-state index < -0.39 is 0 Å². The lowest BCUT2D eigenvalue weighted by Crippen LogP contribution is -2.34. The predicted octanol–water partition coefficient (Wildman–Crippen LogP) is 4.55. The zero-order chi connectivity index (χ0) is 17.5. The van der Waals surface area contributed by atoms with E-state index in [1.165, 1.54) is 21.5 Å². The molecule has 3 aromatic rings. The maximum absolute atomic E-state index is 4.99. The molecule has 130 valence electrons. The van der Waals surface area contributed by atoms with Gasteiger partial charge in [-0.05, 0) is 23.8 Å². The number of rotatable bonds is 3. The first-order valence-corrected chi connectivity index (χ1v) is 10.2. The monoisotopic (exact) mass is 377 g/mol. The van der Waals surface area contributed by atoms with Gasteiger partial charge in [0.25, 0.3) is 0 Å². The quantitative estimate of drug-likeness (QED) is 0.664. The van der Waals surface area contributed by atoms with E-state index in [0.717, 1.165) is 4.80 Å². The lowest BCUT2D eigenvalue weighted by Gasteiger charge is -2.26. The van der Waals surface area contributed by atoms with E-state index in [1.807, 2.05) is 0 Å². The molecule has 0 saturated heterocycles. The normalized spacial score (nSPS) is 21.4. The first-order chi connectivity index (χ1) is 12.9. The highest BCUT2D eigenvalue weighted by atomic mass is 32.1. The molecule has 2 atom stereocenters. The summed E-state index contributed by atoms with van der Waals surface area (Å²) in [6, 6.07) is 17.5. The summed E-state index contributed by atoms with van der Waals surface area (Å²) < 4.78 is 3.43. The molecule has 2 aliphatic rings. The number of benzene rings is 2. The Morgan fingerprint density at radius 3 is 2.73 bits per heavy atom. The van der Waals surface area contributed by atoms with E-state index in [0.29, 0.717) is 24.5 Å². The van der Waals surface area contributed by atoms with Crippen LogP contribution in [0.3, 0.4) is 0 Å². The van der Waals surface area contributed by atoms with Gasteiger partial charge in [0, 0.05) is 11.6 Å². The Kier molecular flexibility index (Phi) is 3.98. The molecule has 2 unspecified atom stereocenters. The molecule has 0 saturated carbocycles. The van der Waals surface area contributed by atoms with Gasteiger partial charge in [0.2, 0.25) is 0 Å². The number of nitrogens with zero attached hydrogens (tertiary/aromatic N) is 3. The highest BCUT2D eigenvalue weighted by molar-refractivity contribution is 7.79. The first-order valence-electron chi connectivity index (χ1n) is 8.77. The fraction of sp³-hybridized carbons (Fsp3) is 0.190. The maximum Gasteiger partial charge on any atom is 0.188 e. The predicted molar refractivity (Wildman–Crippen MR) is 113 cm³/mol. The zero-order valence-corrected chi connectivity index (χ0v) is 15.9. The van der Waals surface area contributed by atoms with Crippen LogP contribution in [0.1, 0.15) is 11.5 Å². The number of hydrogen-bond donors (Lipinski definition) is 1. The SMILES string of the molecule is SCn1c(=NCN2c3ccccc3C3C=CC=CC32)sc2ccccc21. The van der Waals surface area contributed by atoms with Crippen molar-refractivity contribution < 1.29 is 0 Å². The molecular weight excluding hydrogens is 358 g/mol. The van der Waals surface area contributed by atoms with Crippen LogP contribution in [-0.2, 0) is 5.88 Å². The van der Waals surface area contributed by atoms with Crippen molar-refractivity contribution in [3.63, 3.8) is 0 Å². The van der Waals surface area contributed by atoms with Gasteiger partial charge in [-0.25, -0.2) is 4.99 Å². The van der Waals surface area contributed by atoms with Crippen LogP contribution in [0, 0.1) is 0 Å². The minimum Gasteiger partial charge on any atom is -0.344 e. The summed E-state index contributed by atoms with van der Waals surface area (Å²) >= 11 is 6.25. The maximum atomic E-state index is 4.99. The molecule has 0 N–H and O–H groups in total. The molecule has 2 heterocycles. The third kappa shape index (κ3) is 2.46. The lowest BCUT2D eigenvalue weighted by molar-refractivity contribution is 0.671. The van der Waals surface area contributed by atoms with E-state index in [-0.39, 0.29) is 0 Å². The smallest absolute Gasteiger partial charge is 0.188 e. The van der Waals surface area contributed by atoms with Crippen LogP contribution >= 0.6 is 24.0 Å². The molecule has 1 aliphatic heterocycles. The second-order valence-electron chi connectivity index (χ2n) is 6.54. The average Bonchev–Trinajstić information content (AvgIpc) is 3.21. The molecule has 0 bridgehead atoms. The van der Waals surface area contributed by atoms with Gasteiger partial charge in [0.15, 0.2) is 4.80 Å². The molecule has 5 heteroatoms. The Bertz CT molecular complexity index is 1090. The van der Waals surface area contributed by atoms with Crippen molar-refractivity contribution in [1.82, 2.24) is 4.57 Å². The Balaban J connectivity index is 1.57. The zero-order valence-electron chi connectivity index (χ0n) is 14.2. The van der Waals surface area contributed by atoms with Gasteiger partial charge in [-0.1, -0.05) is 66.0 Å². The van der Waals surface area contributed by atoms with Crippen LogP contribution < -0.4 is 9.70 Å². The van der Waals surface area contributed by atoms with Crippen molar-refractivity contribution in [2.75, 3.05) is 11.6 Å². The highest BCUT2D eigenvalue weighted by Gasteiger charge is 2.35. The van der Waals surface area contributed by atoms with E-state index in [4.69, 9.17) is 4.99 Å². The van der Waals surface area contributed by atoms with Gasteiger partial charge >= 0.3 is 0 Å². The van der Waals surface area contributed by atoms with Crippen molar-refractivity contribution in [3.8, 4) is 0 Å². The van der Waals surface area contributed by atoms with Crippen LogP contribution in [-0.4, -0.2) is 17.3 Å². The summed E-state index contributed by atoms with van der Waals surface area (Å²) in [6.07, 6.45) is 8.89. The summed E-state index contributed by atoms with van der Waals surface area (Å²) in [7, 11) is 0. The molecule has 3 nitrogen and oxygen atoms in total. The van der Waals surface area contributed by atoms with E-state index in [1.54, 1.807) is 11.3 Å². The van der Waals surface area contributed by atoms with E-state index >= 15 is 0 Å². The largest absolute Gasteiger partial charge is 0.344 e. The first kappa shape index (κ1) is 16.0. The standard InChI is InChI=1S/C21H19N3S2/c25-14-24-19-11-5-6-12-20(19)26-21(24)22-13-23-17-9-3-1-7-15(17)16-8-2-4-10-18(16)23/h1-12,15,17,25H,13-14H2. The van der Waals surface area contributed by atoms with E-state index in [9.17, 15) is 0 Å². The van der Waals surface area contributed by atoms with Crippen LogP contribution in [0.15, 0.2) is 77.8 Å². The number of thiol groups is 1. The molecule has 5 rings (SSSR count). The molecule has 2 aromatic carbocycles. The molecular formula is C21H19N3S2. The third-order valence-corrected chi connectivity index (χ3v) is 6.54. The Labute approximate surface area is 162 Å². The second-order valence-corrected chi connectivity index (χ2v) is 7.83. The number of aromatic nitrogens is 1. The summed E-state index contributed by atoms with van der Waals surface area (Å²) in [5.41, 5.74) is 3.89. The third-order valence-electron chi connectivity index (χ3n) is 5.16. The number of anilines is 1. The molecule has 1 aliphatic carbocycles. The minimum absolute atomic E-state index is 0.347. The van der Waals surface area contributed by atoms with Crippen LogP contribution in [0.25, 0.3) is 10.2 Å². The van der Waals surface area contributed by atoms with Crippen molar-refractivity contribution >= 4 is 39.9 Å².